The number of hydrogen-bond acceptors (Lipinski definition) is 9. The molecule has 0 aliphatic heterocycles. The maximum Gasteiger partial charge on any atom is 0.473 e. The van der Waals surface area contributed by atoms with Crippen LogP contribution < -0.4 is 33.2 Å². The maximum atomic E-state index is 9.55. The molecule has 0 saturated carbocycles. The molecule has 0 atom stereocenters. The summed E-state index contributed by atoms with van der Waals surface area (Å²) in [5.74, 6) is 22.6. The van der Waals surface area contributed by atoms with E-state index in [0.29, 0.717) is 0 Å². The summed E-state index contributed by atoms with van der Waals surface area (Å²) in [6.45, 7) is 11.8. The fourth-order valence-corrected chi connectivity index (χ4v) is 3.06. The van der Waals surface area contributed by atoms with Gasteiger partial charge in [0.2, 0.25) is 0 Å². The second kappa shape index (κ2) is 16.7. The lowest BCUT2D eigenvalue weighted by molar-refractivity contribution is -0.951. The molecule has 0 radical (unpaired) electrons. The van der Waals surface area contributed by atoms with Crippen molar-refractivity contribution in [3.63, 3.8) is 0 Å². The first-order valence-electron chi connectivity index (χ1n) is 8.62. The van der Waals surface area contributed by atoms with Crippen LogP contribution in [0.15, 0.2) is 0 Å². The van der Waals surface area contributed by atoms with Crippen molar-refractivity contribution in [1.29, 1.82) is 0 Å². The van der Waals surface area contributed by atoms with Crippen LogP contribution in [-0.2, 0) is 13.4 Å². The van der Waals surface area contributed by atoms with Gasteiger partial charge in [-0.25, -0.2) is 4.57 Å². The van der Waals surface area contributed by atoms with Crippen LogP contribution in [-0.4, -0.2) is 50.8 Å². The Bertz CT molecular complexity index is 401. The van der Waals surface area contributed by atoms with Gasteiger partial charge in [0.05, 0.1) is 7.82 Å². The van der Waals surface area contributed by atoms with Crippen molar-refractivity contribution in [2.75, 3.05) is 26.2 Å². The Morgan fingerprint density at radius 2 is 0.964 bits per heavy atom. The van der Waals surface area contributed by atoms with E-state index in [1.807, 2.05) is 0 Å². The third kappa shape index (κ3) is 33.6. The fraction of sp³-hybridized carbons (Fsp3) is 1.00. The van der Waals surface area contributed by atoms with E-state index in [0.717, 1.165) is 51.9 Å². The van der Waals surface area contributed by atoms with Gasteiger partial charge in [0.1, 0.15) is 26.2 Å². The molecule has 0 aromatic rings. The van der Waals surface area contributed by atoms with Crippen LogP contribution in [0.3, 0.4) is 0 Å². The molecule has 0 bridgehead atoms. The average molecular weight is 458 g/mol. The molecule has 16 heteroatoms. The van der Waals surface area contributed by atoms with Crippen molar-refractivity contribution in [3.8, 4) is 0 Å². The Morgan fingerprint density at radius 1 is 0.750 bits per heavy atom. The summed E-state index contributed by atoms with van der Waals surface area (Å²) in [6.07, 6.45) is 4.19. The molecule has 0 aromatic carbocycles. The summed E-state index contributed by atoms with van der Waals surface area (Å²) in [5.41, 5.74) is 0. The van der Waals surface area contributed by atoms with Crippen LogP contribution in [0, 0.1) is 0 Å². The molecule has 14 nitrogen and oxygen atoms in total. The summed E-state index contributed by atoms with van der Waals surface area (Å²) in [7, 11) is -10.7. The first-order chi connectivity index (χ1) is 11.9. The van der Waals surface area contributed by atoms with E-state index in [-0.39, 0.29) is 14.9 Å². The quantitative estimate of drug-likeness (QED) is 0.0887. The molecule has 0 heterocycles. The highest BCUT2D eigenvalue weighted by atomic mass is 31.3. The molecule has 0 fully saturated rings. The molecule has 0 rings (SSSR count). The van der Waals surface area contributed by atoms with E-state index in [1.165, 1.54) is 0 Å². The van der Waals surface area contributed by atoms with Gasteiger partial charge in [-0.3, -0.25) is 4.31 Å². The SMILES string of the molecule is CCC[N+](N)(N)CCC.CCC[N+](N)(N)CCC.O.O=P([O-])([O-])OP(=O)(O)O. The van der Waals surface area contributed by atoms with Crippen molar-refractivity contribution in [1.82, 2.24) is 0 Å². The summed E-state index contributed by atoms with van der Waals surface area (Å²) < 4.78 is 22.1. The second-order valence-electron chi connectivity index (χ2n) is 6.12. The highest BCUT2D eigenvalue weighted by molar-refractivity contribution is 7.58. The lowest BCUT2D eigenvalue weighted by Crippen LogP contribution is -2.61. The Kier molecular flexibility index (Phi) is 21.2. The van der Waals surface area contributed by atoms with Gasteiger partial charge in [0, 0.05) is 0 Å². The summed E-state index contributed by atoms with van der Waals surface area (Å²) >= 11 is 0. The first-order valence-corrected chi connectivity index (χ1v) is 11.6. The molecule has 0 amide bonds. The average Bonchev–Trinajstić information content (AvgIpc) is 2.34. The Labute approximate surface area is 167 Å². The lowest BCUT2D eigenvalue weighted by Gasteiger charge is -2.27. The van der Waals surface area contributed by atoms with E-state index < -0.39 is 15.6 Å². The van der Waals surface area contributed by atoms with Crippen molar-refractivity contribution >= 4 is 15.6 Å². The van der Waals surface area contributed by atoms with Crippen molar-refractivity contribution in [3.05, 3.63) is 0 Å². The van der Waals surface area contributed by atoms with Gasteiger partial charge in [0.25, 0.3) is 0 Å². The Morgan fingerprint density at radius 3 is 1.04 bits per heavy atom. The van der Waals surface area contributed by atoms with E-state index in [4.69, 9.17) is 33.2 Å². The molecular formula is C12H40N6O8P2. The molecule has 0 aliphatic rings. The van der Waals surface area contributed by atoms with Gasteiger partial charge in [-0.15, -0.1) is 0 Å². The third-order valence-electron chi connectivity index (χ3n) is 2.77. The zero-order valence-electron chi connectivity index (χ0n) is 17.2. The molecule has 0 unspecified atom stereocenters. The Hall–Kier alpha value is -0.0200. The minimum absolute atomic E-state index is 0. The number of hydrogen-bond donors (Lipinski definition) is 6. The predicted octanol–water partition coefficient (Wildman–Crippen LogP) is -2.16. The standard InChI is InChI=1S/2C6H18N3.H4O7P2.H2O/c2*1-3-5-9(7,8)6-4-2;1-8(2,3)7-9(4,5)6;/h2*3-8H2,1-2H3;(H2,1,2,3)(H2,4,5,6);1H2/q2*+1;;/p-2. The lowest BCUT2D eigenvalue weighted by atomic mass is 10.4. The van der Waals surface area contributed by atoms with E-state index in [9.17, 15) is 18.9 Å². The molecule has 0 saturated heterocycles. The normalized spacial score (nSPS) is 12.1. The number of phosphoric acid groups is 2. The number of nitrogens with two attached hydrogens (primary N) is 4. The third-order valence-corrected chi connectivity index (χ3v) is 4.42. The minimum Gasteiger partial charge on any atom is -0.789 e. The zero-order valence-corrected chi connectivity index (χ0v) is 19.0. The largest absolute Gasteiger partial charge is 0.789 e. The maximum absolute atomic E-state index is 9.55. The number of rotatable bonds is 10. The molecular weight excluding hydrogens is 418 g/mol. The number of nitrogens with zero attached hydrogens (tertiary/aromatic N) is 2. The summed E-state index contributed by atoms with van der Waals surface area (Å²) in [4.78, 5) is 34.1. The van der Waals surface area contributed by atoms with Gasteiger partial charge >= 0.3 is 7.82 Å². The van der Waals surface area contributed by atoms with Gasteiger partial charge in [-0.1, -0.05) is 27.7 Å². The van der Waals surface area contributed by atoms with E-state index in [1.54, 1.807) is 0 Å². The predicted molar refractivity (Wildman–Crippen MR) is 102 cm³/mol. The minimum atomic E-state index is -5.55. The van der Waals surface area contributed by atoms with Gasteiger partial charge < -0.3 is 29.6 Å². The fourth-order valence-electron chi connectivity index (χ4n) is 2.02. The van der Waals surface area contributed by atoms with Crippen molar-refractivity contribution in [2.45, 2.75) is 53.4 Å². The Balaban J connectivity index is -0.000000152. The molecule has 0 aliphatic carbocycles. The van der Waals surface area contributed by atoms with Crippen LogP contribution in [0.25, 0.3) is 0 Å². The van der Waals surface area contributed by atoms with Crippen LogP contribution in [0.4, 0.5) is 0 Å². The summed E-state index contributed by atoms with van der Waals surface area (Å²) in [5, 5.41) is 0. The van der Waals surface area contributed by atoms with Crippen LogP contribution in [0.5, 0.6) is 0 Å². The van der Waals surface area contributed by atoms with Crippen molar-refractivity contribution in [2.24, 2.45) is 23.4 Å². The first kappa shape index (κ1) is 35.4. The van der Waals surface area contributed by atoms with E-state index >= 15 is 0 Å². The van der Waals surface area contributed by atoms with Gasteiger partial charge in [-0.05, 0) is 25.7 Å². The monoisotopic (exact) mass is 458 g/mol. The molecule has 12 N–H and O–H groups in total. The number of quaternary nitrogens is 2. The smallest absolute Gasteiger partial charge is 0.473 e. The van der Waals surface area contributed by atoms with Crippen LogP contribution in [0.1, 0.15) is 53.4 Å². The van der Waals surface area contributed by atoms with Crippen LogP contribution >= 0.6 is 15.6 Å². The highest BCUT2D eigenvalue weighted by Gasteiger charge is 2.15. The molecule has 176 valence electrons. The topological polar surface area (TPSA) is 266 Å². The molecule has 28 heavy (non-hydrogen) atoms. The van der Waals surface area contributed by atoms with Gasteiger partial charge in [-0.2, -0.15) is 32.8 Å². The molecule has 0 spiro atoms. The second-order valence-corrected chi connectivity index (χ2v) is 8.65. The van der Waals surface area contributed by atoms with Crippen LogP contribution in [0.2, 0.25) is 0 Å². The summed E-state index contributed by atoms with van der Waals surface area (Å²) in [6, 6.07) is 0. The highest BCUT2D eigenvalue weighted by Crippen LogP contribution is 2.48. The molecule has 0 aromatic heterocycles. The van der Waals surface area contributed by atoms with Crippen molar-refractivity contribution < 1.29 is 47.9 Å². The zero-order chi connectivity index (χ0) is 22.4. The van der Waals surface area contributed by atoms with Gasteiger partial charge in [0.15, 0.2) is 0 Å². The van der Waals surface area contributed by atoms with E-state index in [2.05, 4.69) is 32.0 Å².